The Morgan fingerprint density at radius 3 is 2.54 bits per heavy atom. The number of hydrogen-bond donors (Lipinski definition) is 1. The fourth-order valence-electron chi connectivity index (χ4n) is 1.05. The van der Waals surface area contributed by atoms with Crippen molar-refractivity contribution in [3.8, 4) is 5.75 Å². The molecule has 0 saturated carbocycles. The molecule has 0 aliphatic rings. The van der Waals surface area contributed by atoms with Gasteiger partial charge in [0, 0.05) is 6.07 Å². The van der Waals surface area contributed by atoms with Gasteiger partial charge in [-0.1, -0.05) is 19.9 Å². The van der Waals surface area contributed by atoms with Crippen molar-refractivity contribution in [2.75, 3.05) is 0 Å². The predicted molar refractivity (Wildman–Crippen MR) is 48.9 cm³/mol. The van der Waals surface area contributed by atoms with Crippen LogP contribution in [0.2, 0.25) is 0 Å². The minimum absolute atomic E-state index is 0.222. The molecule has 1 N–H and O–H groups in total. The third-order valence-electron chi connectivity index (χ3n) is 1.86. The highest BCUT2D eigenvalue weighted by Gasteiger charge is 2.14. The maximum absolute atomic E-state index is 10.4. The molecule has 0 heterocycles. The zero-order valence-corrected chi connectivity index (χ0v) is 7.52. The predicted octanol–water partition coefficient (Wildman–Crippen LogP) is 2.42. The third-order valence-corrected chi connectivity index (χ3v) is 1.86. The number of nitro benzene ring substituents is 1. The summed E-state index contributed by atoms with van der Waals surface area (Å²) >= 11 is 0. The van der Waals surface area contributed by atoms with Crippen molar-refractivity contribution in [3.05, 3.63) is 33.9 Å². The number of nitro groups is 1. The van der Waals surface area contributed by atoms with Gasteiger partial charge in [0.05, 0.1) is 4.92 Å². The lowest BCUT2D eigenvalue weighted by molar-refractivity contribution is -0.385. The Labute approximate surface area is 76.0 Å². The molecule has 0 unspecified atom stereocenters. The fraction of sp³-hybridized carbons (Fsp3) is 0.333. The van der Waals surface area contributed by atoms with Crippen LogP contribution in [0.4, 0.5) is 5.69 Å². The van der Waals surface area contributed by atoms with E-state index >= 15 is 0 Å². The van der Waals surface area contributed by atoms with Crippen molar-refractivity contribution in [2.45, 2.75) is 19.8 Å². The van der Waals surface area contributed by atoms with Gasteiger partial charge in [-0.15, -0.1) is 0 Å². The molecule has 0 aliphatic heterocycles. The smallest absolute Gasteiger partial charge is 0.310 e. The monoisotopic (exact) mass is 181 g/mol. The van der Waals surface area contributed by atoms with E-state index in [2.05, 4.69) is 0 Å². The average Bonchev–Trinajstić information content (AvgIpc) is 2.04. The first-order chi connectivity index (χ1) is 6.02. The molecule has 13 heavy (non-hydrogen) atoms. The Morgan fingerprint density at radius 1 is 1.46 bits per heavy atom. The summed E-state index contributed by atoms with van der Waals surface area (Å²) in [5.74, 6) is -0.0614. The van der Waals surface area contributed by atoms with E-state index in [1.165, 1.54) is 12.1 Å². The molecule has 0 atom stereocenters. The van der Waals surface area contributed by atoms with Crippen molar-refractivity contribution >= 4 is 5.69 Å². The molecule has 0 radical (unpaired) electrons. The molecule has 1 rings (SSSR count). The fourth-order valence-corrected chi connectivity index (χ4v) is 1.05. The highest BCUT2D eigenvalue weighted by Crippen LogP contribution is 2.28. The SMILES string of the molecule is CC(C)c1ccc(O)c([N+](=O)[O-])c1. The van der Waals surface area contributed by atoms with Crippen LogP contribution in [-0.2, 0) is 0 Å². The Hall–Kier alpha value is -1.58. The topological polar surface area (TPSA) is 63.4 Å². The van der Waals surface area contributed by atoms with Gasteiger partial charge >= 0.3 is 5.69 Å². The summed E-state index contributed by atoms with van der Waals surface area (Å²) in [5.41, 5.74) is 0.621. The van der Waals surface area contributed by atoms with Crippen LogP contribution in [0, 0.1) is 10.1 Å². The van der Waals surface area contributed by atoms with Crippen LogP contribution in [0.1, 0.15) is 25.3 Å². The van der Waals surface area contributed by atoms with Gasteiger partial charge < -0.3 is 5.11 Å². The second-order valence-corrected chi connectivity index (χ2v) is 3.16. The molecule has 0 aromatic heterocycles. The second-order valence-electron chi connectivity index (χ2n) is 3.16. The summed E-state index contributed by atoms with van der Waals surface area (Å²) in [5, 5.41) is 19.6. The van der Waals surface area contributed by atoms with E-state index in [1.54, 1.807) is 6.07 Å². The van der Waals surface area contributed by atoms with Gasteiger partial charge in [0.2, 0.25) is 0 Å². The molecule has 1 aromatic rings. The van der Waals surface area contributed by atoms with Crippen LogP contribution in [0.25, 0.3) is 0 Å². The van der Waals surface area contributed by atoms with Crippen LogP contribution >= 0.6 is 0 Å². The highest BCUT2D eigenvalue weighted by molar-refractivity contribution is 5.48. The van der Waals surface area contributed by atoms with Gasteiger partial charge in [-0.2, -0.15) is 0 Å². The first-order valence-electron chi connectivity index (χ1n) is 3.99. The Kier molecular flexibility index (Phi) is 2.51. The van der Waals surface area contributed by atoms with E-state index in [1.807, 2.05) is 13.8 Å². The molecule has 4 heteroatoms. The number of phenols is 1. The van der Waals surface area contributed by atoms with Gasteiger partial charge in [-0.05, 0) is 17.5 Å². The lowest BCUT2D eigenvalue weighted by atomic mass is 10.0. The van der Waals surface area contributed by atoms with Crippen LogP contribution in [0.15, 0.2) is 18.2 Å². The summed E-state index contributed by atoms with van der Waals surface area (Å²) in [4.78, 5) is 9.86. The lowest BCUT2D eigenvalue weighted by Gasteiger charge is -2.04. The van der Waals surface area contributed by atoms with Crippen LogP contribution < -0.4 is 0 Å². The lowest BCUT2D eigenvalue weighted by Crippen LogP contribution is -1.92. The van der Waals surface area contributed by atoms with Crippen molar-refractivity contribution in [1.82, 2.24) is 0 Å². The Balaban J connectivity index is 3.19. The van der Waals surface area contributed by atoms with Crippen LogP contribution in [0.5, 0.6) is 5.75 Å². The minimum Gasteiger partial charge on any atom is -0.502 e. The van der Waals surface area contributed by atoms with Crippen molar-refractivity contribution in [3.63, 3.8) is 0 Å². The van der Waals surface area contributed by atoms with Crippen molar-refractivity contribution < 1.29 is 10.0 Å². The summed E-state index contributed by atoms with van der Waals surface area (Å²) in [6, 6.07) is 4.44. The summed E-state index contributed by atoms with van der Waals surface area (Å²) in [6.07, 6.45) is 0. The van der Waals surface area contributed by atoms with Crippen molar-refractivity contribution in [1.29, 1.82) is 0 Å². The molecule has 0 saturated heterocycles. The average molecular weight is 181 g/mol. The summed E-state index contributed by atoms with van der Waals surface area (Å²) < 4.78 is 0. The number of rotatable bonds is 2. The molecule has 0 amide bonds. The van der Waals surface area contributed by atoms with Gasteiger partial charge in [-0.3, -0.25) is 10.1 Å². The third kappa shape index (κ3) is 1.96. The van der Waals surface area contributed by atoms with E-state index in [0.717, 1.165) is 5.56 Å². The first-order valence-corrected chi connectivity index (χ1v) is 3.99. The van der Waals surface area contributed by atoms with Gasteiger partial charge in [0.15, 0.2) is 5.75 Å². The van der Waals surface area contributed by atoms with E-state index in [-0.39, 0.29) is 17.4 Å². The van der Waals surface area contributed by atoms with Crippen molar-refractivity contribution in [2.24, 2.45) is 0 Å². The molecule has 70 valence electrons. The van der Waals surface area contributed by atoms with Gasteiger partial charge in [-0.25, -0.2) is 0 Å². The molecule has 0 bridgehead atoms. The first kappa shape index (κ1) is 9.51. The van der Waals surface area contributed by atoms with Crippen LogP contribution in [-0.4, -0.2) is 10.0 Å². The standard InChI is InChI=1S/C9H11NO3/c1-6(2)7-3-4-9(11)8(5-7)10(12)13/h3-6,11H,1-2H3. The number of nitrogens with zero attached hydrogens (tertiary/aromatic N) is 1. The van der Waals surface area contributed by atoms with E-state index in [9.17, 15) is 10.1 Å². The number of benzene rings is 1. The van der Waals surface area contributed by atoms with Gasteiger partial charge in [0.25, 0.3) is 0 Å². The zero-order chi connectivity index (χ0) is 10.0. The number of hydrogen-bond acceptors (Lipinski definition) is 3. The maximum Gasteiger partial charge on any atom is 0.310 e. The van der Waals surface area contributed by atoms with E-state index in [0.29, 0.717) is 0 Å². The Morgan fingerprint density at radius 2 is 2.08 bits per heavy atom. The molecule has 4 nitrogen and oxygen atoms in total. The van der Waals surface area contributed by atoms with Crippen LogP contribution in [0.3, 0.4) is 0 Å². The molecular weight excluding hydrogens is 170 g/mol. The molecular formula is C9H11NO3. The van der Waals surface area contributed by atoms with Gasteiger partial charge in [0.1, 0.15) is 0 Å². The minimum atomic E-state index is -0.582. The normalized spacial score (nSPS) is 10.4. The number of aromatic hydroxyl groups is 1. The van der Waals surface area contributed by atoms with E-state index in [4.69, 9.17) is 5.11 Å². The van der Waals surface area contributed by atoms with E-state index < -0.39 is 4.92 Å². The largest absolute Gasteiger partial charge is 0.502 e. The Bertz CT molecular complexity index is 334. The second kappa shape index (κ2) is 3.43. The molecule has 1 aromatic carbocycles. The molecule has 0 fully saturated rings. The zero-order valence-electron chi connectivity index (χ0n) is 7.52. The maximum atomic E-state index is 10.4. The number of phenolic OH excluding ortho intramolecular Hbond substituents is 1. The molecule has 0 aliphatic carbocycles. The summed E-state index contributed by atoms with van der Waals surface area (Å²) in [6.45, 7) is 3.88. The highest BCUT2D eigenvalue weighted by atomic mass is 16.6. The quantitative estimate of drug-likeness (QED) is 0.562. The summed E-state index contributed by atoms with van der Waals surface area (Å²) in [7, 11) is 0. The molecule has 0 spiro atoms.